The minimum Gasteiger partial charge on any atom is -0.496 e. The lowest BCUT2D eigenvalue weighted by molar-refractivity contribution is 0.402. The van der Waals surface area contributed by atoms with Gasteiger partial charge in [-0.2, -0.15) is 5.10 Å². The summed E-state index contributed by atoms with van der Waals surface area (Å²) in [6, 6.07) is 8.38. The Kier molecular flexibility index (Phi) is 6.96. The van der Waals surface area contributed by atoms with E-state index in [0.29, 0.717) is 35.2 Å². The summed E-state index contributed by atoms with van der Waals surface area (Å²) in [6.07, 6.45) is 4.97. The lowest BCUT2D eigenvalue weighted by atomic mass is 10.1. The van der Waals surface area contributed by atoms with Gasteiger partial charge in [0, 0.05) is 18.0 Å². The number of anilines is 1. The van der Waals surface area contributed by atoms with E-state index in [1.165, 1.54) is 20.4 Å². The van der Waals surface area contributed by atoms with Crippen LogP contribution in [-0.4, -0.2) is 52.2 Å². The van der Waals surface area contributed by atoms with Gasteiger partial charge in [0.25, 0.3) is 10.0 Å². The minimum absolute atomic E-state index is 0.0142. The Bertz CT molecular complexity index is 1620. The molecule has 0 radical (unpaired) electrons. The lowest BCUT2D eigenvalue weighted by Gasteiger charge is -2.12. The maximum absolute atomic E-state index is 13.2. The van der Waals surface area contributed by atoms with Gasteiger partial charge in [-0.05, 0) is 41.8 Å². The SMILES string of the molecule is CCc1ccc(OC)c(S(=O)(=O)Nc2noc3cc(Cn4cc(CS(C)(=O)=O)cn4)cc(OC)c23)c1. The molecule has 4 rings (SSSR count). The Labute approximate surface area is 209 Å². The van der Waals surface area contributed by atoms with Crippen LogP contribution < -0.4 is 14.2 Å². The predicted octanol–water partition coefficient (Wildman–Crippen LogP) is 3.00. The Morgan fingerprint density at radius 2 is 1.75 bits per heavy atom. The first-order valence-electron chi connectivity index (χ1n) is 10.9. The smallest absolute Gasteiger partial charge is 0.266 e. The highest BCUT2D eigenvalue weighted by atomic mass is 32.2. The number of aryl methyl sites for hydroxylation is 1. The maximum atomic E-state index is 13.2. The Balaban J connectivity index is 1.66. The van der Waals surface area contributed by atoms with Crippen molar-refractivity contribution in [3.8, 4) is 11.5 Å². The summed E-state index contributed by atoms with van der Waals surface area (Å²) in [7, 11) is -4.38. The van der Waals surface area contributed by atoms with Crippen LogP contribution in [-0.2, 0) is 38.6 Å². The average molecular weight is 535 g/mol. The lowest BCUT2D eigenvalue weighted by Crippen LogP contribution is -2.15. The van der Waals surface area contributed by atoms with Crippen LogP contribution in [0, 0.1) is 0 Å². The van der Waals surface area contributed by atoms with Gasteiger partial charge in [0.15, 0.2) is 21.2 Å². The van der Waals surface area contributed by atoms with E-state index < -0.39 is 19.9 Å². The van der Waals surface area contributed by atoms with E-state index in [9.17, 15) is 16.8 Å². The van der Waals surface area contributed by atoms with Gasteiger partial charge in [-0.15, -0.1) is 0 Å². The molecule has 0 unspecified atom stereocenters. The summed E-state index contributed by atoms with van der Waals surface area (Å²) in [5.41, 5.74) is 2.45. The zero-order valence-electron chi connectivity index (χ0n) is 20.2. The van der Waals surface area contributed by atoms with Crippen LogP contribution in [0.25, 0.3) is 11.0 Å². The summed E-state index contributed by atoms with van der Waals surface area (Å²) >= 11 is 0. The predicted molar refractivity (Wildman–Crippen MR) is 134 cm³/mol. The first-order chi connectivity index (χ1) is 17.0. The van der Waals surface area contributed by atoms with Crippen molar-refractivity contribution in [1.82, 2.24) is 14.9 Å². The van der Waals surface area contributed by atoms with Gasteiger partial charge in [-0.1, -0.05) is 18.1 Å². The normalized spacial score (nSPS) is 12.1. The molecule has 0 spiro atoms. The number of nitrogens with zero attached hydrogens (tertiary/aromatic N) is 3. The minimum atomic E-state index is -4.06. The molecule has 1 N–H and O–H groups in total. The summed E-state index contributed by atoms with van der Waals surface area (Å²) < 4.78 is 69.8. The Morgan fingerprint density at radius 1 is 1.00 bits per heavy atom. The summed E-state index contributed by atoms with van der Waals surface area (Å²) in [4.78, 5) is -0.0142. The third-order valence-corrected chi connectivity index (χ3v) is 7.65. The molecule has 0 saturated carbocycles. The van der Waals surface area contributed by atoms with Crippen molar-refractivity contribution in [3.63, 3.8) is 0 Å². The van der Waals surface area contributed by atoms with E-state index in [-0.39, 0.29) is 22.2 Å². The molecule has 2 aromatic carbocycles. The number of benzene rings is 2. The van der Waals surface area contributed by atoms with Crippen molar-refractivity contribution in [2.45, 2.75) is 30.5 Å². The van der Waals surface area contributed by atoms with Crippen molar-refractivity contribution in [1.29, 1.82) is 0 Å². The molecule has 2 aromatic heterocycles. The zero-order valence-corrected chi connectivity index (χ0v) is 21.8. The van der Waals surface area contributed by atoms with E-state index in [0.717, 1.165) is 17.4 Å². The molecular weight excluding hydrogens is 508 g/mol. The molecule has 0 amide bonds. The molecule has 0 atom stereocenters. The molecule has 0 aliphatic heterocycles. The van der Waals surface area contributed by atoms with Crippen molar-refractivity contribution in [3.05, 3.63) is 59.4 Å². The first kappa shape index (κ1) is 25.5. The second-order valence-corrected chi connectivity index (χ2v) is 12.1. The van der Waals surface area contributed by atoms with E-state index in [2.05, 4.69) is 15.0 Å². The highest BCUT2D eigenvalue weighted by Crippen LogP contribution is 2.36. The number of aromatic nitrogens is 3. The molecule has 0 fully saturated rings. The topological polar surface area (TPSA) is 143 Å². The fourth-order valence-electron chi connectivity index (χ4n) is 3.80. The van der Waals surface area contributed by atoms with Crippen LogP contribution in [0.15, 0.2) is 52.1 Å². The van der Waals surface area contributed by atoms with Crippen molar-refractivity contribution >= 4 is 36.6 Å². The van der Waals surface area contributed by atoms with Crippen LogP contribution in [0.3, 0.4) is 0 Å². The fourth-order valence-corrected chi connectivity index (χ4v) is 5.78. The quantitative estimate of drug-likeness (QED) is 0.325. The Morgan fingerprint density at radius 3 is 2.42 bits per heavy atom. The van der Waals surface area contributed by atoms with Gasteiger partial charge >= 0.3 is 0 Å². The molecule has 11 nitrogen and oxygen atoms in total. The number of hydrogen-bond donors (Lipinski definition) is 1. The monoisotopic (exact) mass is 534 g/mol. The zero-order chi connectivity index (χ0) is 26.1. The number of methoxy groups -OCH3 is 2. The maximum Gasteiger partial charge on any atom is 0.266 e. The Hall–Kier alpha value is -3.58. The van der Waals surface area contributed by atoms with Gasteiger partial charge in [0.1, 0.15) is 21.8 Å². The average Bonchev–Trinajstić information content (AvgIpc) is 3.43. The van der Waals surface area contributed by atoms with Gasteiger partial charge in [0.05, 0.1) is 32.7 Å². The molecule has 192 valence electrons. The highest BCUT2D eigenvalue weighted by Gasteiger charge is 2.25. The summed E-state index contributed by atoms with van der Waals surface area (Å²) in [6.45, 7) is 2.23. The van der Waals surface area contributed by atoms with E-state index in [4.69, 9.17) is 14.0 Å². The third-order valence-electron chi connectivity index (χ3n) is 5.43. The third kappa shape index (κ3) is 5.46. The van der Waals surface area contributed by atoms with E-state index in [1.807, 2.05) is 6.92 Å². The summed E-state index contributed by atoms with van der Waals surface area (Å²) in [5.74, 6) is 0.426. The number of sulfonamides is 1. The van der Waals surface area contributed by atoms with Crippen LogP contribution in [0.5, 0.6) is 11.5 Å². The second-order valence-electron chi connectivity index (χ2n) is 8.26. The second kappa shape index (κ2) is 9.82. The molecule has 0 saturated heterocycles. The summed E-state index contributed by atoms with van der Waals surface area (Å²) in [5, 5.41) is 8.50. The molecular formula is C23H26N4O7S2. The molecule has 36 heavy (non-hydrogen) atoms. The van der Waals surface area contributed by atoms with Crippen LogP contribution in [0.1, 0.15) is 23.6 Å². The number of sulfone groups is 1. The van der Waals surface area contributed by atoms with Gasteiger partial charge < -0.3 is 14.0 Å². The van der Waals surface area contributed by atoms with Crippen molar-refractivity contribution < 1.29 is 30.8 Å². The first-order valence-corrected chi connectivity index (χ1v) is 14.4. The van der Waals surface area contributed by atoms with Gasteiger partial charge in [0.2, 0.25) is 0 Å². The number of hydrogen-bond acceptors (Lipinski definition) is 9. The molecule has 2 heterocycles. The number of rotatable bonds is 10. The number of nitrogens with one attached hydrogen (secondary N) is 1. The fraction of sp³-hybridized carbons (Fsp3) is 0.304. The molecule has 13 heteroatoms. The highest BCUT2D eigenvalue weighted by molar-refractivity contribution is 7.92. The van der Waals surface area contributed by atoms with E-state index in [1.54, 1.807) is 41.2 Å². The molecule has 0 aliphatic rings. The van der Waals surface area contributed by atoms with Crippen LogP contribution in [0.2, 0.25) is 0 Å². The molecule has 0 aliphatic carbocycles. The number of fused-ring (bicyclic) bond motifs is 1. The van der Waals surface area contributed by atoms with Gasteiger partial charge in [-0.3, -0.25) is 9.40 Å². The van der Waals surface area contributed by atoms with Crippen molar-refractivity contribution in [2.75, 3.05) is 25.2 Å². The van der Waals surface area contributed by atoms with Crippen LogP contribution in [0.4, 0.5) is 5.82 Å². The largest absolute Gasteiger partial charge is 0.496 e. The van der Waals surface area contributed by atoms with Gasteiger partial charge in [-0.25, -0.2) is 16.8 Å². The standard InChI is InChI=1S/C23H26N4O7S2/c1-5-15-6-7-18(32-2)21(10-15)36(30,31)26-23-22-19(33-3)8-16(9-20(22)34-25-23)12-27-13-17(11-24-27)14-35(4,28)29/h6-11,13H,5,12,14H2,1-4H3,(H,25,26). The van der Waals surface area contributed by atoms with E-state index >= 15 is 0 Å². The molecule has 0 bridgehead atoms. The molecule has 4 aromatic rings. The van der Waals surface area contributed by atoms with Crippen molar-refractivity contribution in [2.24, 2.45) is 0 Å². The number of ether oxygens (including phenoxy) is 2. The van der Waals surface area contributed by atoms with Crippen LogP contribution >= 0.6 is 0 Å².